The van der Waals surface area contributed by atoms with Gasteiger partial charge in [0.15, 0.2) is 11.0 Å². The van der Waals surface area contributed by atoms with Crippen LogP contribution in [-0.2, 0) is 11.3 Å². The number of carbonyl (C=O) groups is 1. The maximum Gasteiger partial charge on any atom is 0.235 e. The van der Waals surface area contributed by atoms with E-state index in [4.69, 9.17) is 0 Å². The van der Waals surface area contributed by atoms with Crippen molar-refractivity contribution in [3.8, 4) is 11.4 Å². The Balaban J connectivity index is 1.79. The number of amides is 1. The number of halogens is 3. The number of hydrogen-bond acceptors (Lipinski definition) is 4. The summed E-state index contributed by atoms with van der Waals surface area (Å²) in [7, 11) is 0. The van der Waals surface area contributed by atoms with Gasteiger partial charge >= 0.3 is 0 Å². The van der Waals surface area contributed by atoms with Gasteiger partial charge in [-0.3, -0.25) is 4.79 Å². The molecular formula is C20H19F3N4OS. The smallest absolute Gasteiger partial charge is 0.235 e. The highest BCUT2D eigenvalue weighted by atomic mass is 32.2. The summed E-state index contributed by atoms with van der Waals surface area (Å²) in [6.45, 7) is 4.50. The molecule has 0 bridgehead atoms. The lowest BCUT2D eigenvalue weighted by Gasteiger charge is -2.13. The van der Waals surface area contributed by atoms with Gasteiger partial charge in [0.1, 0.15) is 23.1 Å². The van der Waals surface area contributed by atoms with Crippen molar-refractivity contribution in [1.82, 2.24) is 14.8 Å². The first-order valence-corrected chi connectivity index (χ1v) is 9.90. The molecule has 29 heavy (non-hydrogen) atoms. The predicted octanol–water partition coefficient (Wildman–Crippen LogP) is 4.75. The van der Waals surface area contributed by atoms with Gasteiger partial charge in [0, 0.05) is 6.54 Å². The molecule has 9 heteroatoms. The molecule has 0 aliphatic heterocycles. The molecule has 0 atom stereocenters. The number of rotatable bonds is 7. The fourth-order valence-corrected chi connectivity index (χ4v) is 3.44. The summed E-state index contributed by atoms with van der Waals surface area (Å²) in [5.74, 6) is -2.28. The van der Waals surface area contributed by atoms with E-state index in [0.29, 0.717) is 23.1 Å². The number of carbonyl (C=O) groups excluding carboxylic acids is 1. The van der Waals surface area contributed by atoms with E-state index < -0.39 is 29.0 Å². The Bertz CT molecular complexity index is 1000. The van der Waals surface area contributed by atoms with Crippen LogP contribution in [0.15, 0.2) is 47.6 Å². The van der Waals surface area contributed by atoms with Crippen molar-refractivity contribution in [2.45, 2.75) is 25.5 Å². The minimum atomic E-state index is -0.854. The monoisotopic (exact) mass is 420 g/mol. The molecule has 0 radical (unpaired) electrons. The second-order valence-electron chi connectivity index (χ2n) is 6.72. The van der Waals surface area contributed by atoms with E-state index in [-0.39, 0.29) is 11.7 Å². The van der Waals surface area contributed by atoms with Gasteiger partial charge < -0.3 is 9.88 Å². The molecule has 0 aliphatic rings. The zero-order chi connectivity index (χ0) is 21.0. The molecule has 5 nitrogen and oxygen atoms in total. The SMILES string of the molecule is CC(C)Cn1c(SCC(=O)Nc2c(F)cccc2F)nnc1-c1ccccc1F. The van der Waals surface area contributed by atoms with Gasteiger partial charge in [0.25, 0.3) is 0 Å². The normalized spacial score (nSPS) is 11.1. The van der Waals surface area contributed by atoms with Crippen LogP contribution in [0.25, 0.3) is 11.4 Å². The fraction of sp³-hybridized carbons (Fsp3) is 0.250. The Labute approximate surface area is 170 Å². The number of benzene rings is 2. The molecule has 0 saturated carbocycles. The maximum absolute atomic E-state index is 14.2. The number of nitrogens with one attached hydrogen (secondary N) is 1. The standard InChI is InChI=1S/C20H19F3N4OS/c1-12(2)10-27-19(13-6-3-4-7-14(13)21)25-26-20(27)29-11-17(28)24-18-15(22)8-5-9-16(18)23/h3-9,12H,10-11H2,1-2H3,(H,24,28). The third-order valence-electron chi connectivity index (χ3n) is 3.94. The van der Waals surface area contributed by atoms with Gasteiger partial charge in [-0.1, -0.05) is 43.8 Å². The summed E-state index contributed by atoms with van der Waals surface area (Å²) in [4.78, 5) is 12.2. The summed E-state index contributed by atoms with van der Waals surface area (Å²) in [6.07, 6.45) is 0. The van der Waals surface area contributed by atoms with Crippen LogP contribution in [0.5, 0.6) is 0 Å². The van der Waals surface area contributed by atoms with E-state index in [1.165, 1.54) is 12.1 Å². The molecule has 1 N–H and O–H groups in total. The van der Waals surface area contributed by atoms with Crippen LogP contribution in [0.2, 0.25) is 0 Å². The third kappa shape index (κ3) is 4.97. The van der Waals surface area contributed by atoms with E-state index in [9.17, 15) is 18.0 Å². The minimum Gasteiger partial charge on any atom is -0.320 e. The van der Waals surface area contributed by atoms with Crippen LogP contribution in [-0.4, -0.2) is 26.4 Å². The molecule has 0 fully saturated rings. The molecule has 0 unspecified atom stereocenters. The van der Waals surface area contributed by atoms with E-state index >= 15 is 0 Å². The highest BCUT2D eigenvalue weighted by Crippen LogP contribution is 2.27. The average molecular weight is 420 g/mol. The zero-order valence-electron chi connectivity index (χ0n) is 15.8. The van der Waals surface area contributed by atoms with Crippen molar-refractivity contribution in [3.63, 3.8) is 0 Å². The van der Waals surface area contributed by atoms with Gasteiger partial charge in [-0.2, -0.15) is 0 Å². The molecule has 0 saturated heterocycles. The van der Waals surface area contributed by atoms with Crippen LogP contribution in [0, 0.1) is 23.4 Å². The molecule has 1 amide bonds. The van der Waals surface area contributed by atoms with Gasteiger partial charge in [-0.15, -0.1) is 10.2 Å². The van der Waals surface area contributed by atoms with Gasteiger partial charge in [-0.05, 0) is 30.2 Å². The zero-order valence-corrected chi connectivity index (χ0v) is 16.6. The topological polar surface area (TPSA) is 59.8 Å². The van der Waals surface area contributed by atoms with E-state index in [1.54, 1.807) is 22.8 Å². The fourth-order valence-electron chi connectivity index (χ4n) is 2.69. The Morgan fingerprint density at radius 3 is 2.34 bits per heavy atom. The van der Waals surface area contributed by atoms with Crippen molar-refractivity contribution in [1.29, 1.82) is 0 Å². The number of anilines is 1. The third-order valence-corrected chi connectivity index (χ3v) is 4.91. The van der Waals surface area contributed by atoms with Crippen LogP contribution < -0.4 is 5.32 Å². The number of nitrogens with zero attached hydrogens (tertiary/aromatic N) is 3. The lowest BCUT2D eigenvalue weighted by Crippen LogP contribution is -2.17. The van der Waals surface area contributed by atoms with Crippen molar-refractivity contribution < 1.29 is 18.0 Å². The van der Waals surface area contributed by atoms with Crippen molar-refractivity contribution in [2.75, 3.05) is 11.1 Å². The highest BCUT2D eigenvalue weighted by molar-refractivity contribution is 7.99. The second-order valence-corrected chi connectivity index (χ2v) is 7.67. The first kappa shape index (κ1) is 20.9. The second kappa shape index (κ2) is 9.13. The van der Waals surface area contributed by atoms with Crippen LogP contribution in [0.4, 0.5) is 18.9 Å². The van der Waals surface area contributed by atoms with E-state index in [0.717, 1.165) is 23.9 Å². The molecule has 0 spiro atoms. The van der Waals surface area contributed by atoms with Crippen molar-refractivity contribution in [2.24, 2.45) is 5.92 Å². The lowest BCUT2D eigenvalue weighted by molar-refractivity contribution is -0.113. The Kier molecular flexibility index (Phi) is 6.58. The number of hydrogen-bond donors (Lipinski definition) is 1. The molecule has 1 heterocycles. The molecule has 3 rings (SSSR count). The molecule has 0 aliphatic carbocycles. The summed E-state index contributed by atoms with van der Waals surface area (Å²) in [5.41, 5.74) is -0.181. The van der Waals surface area contributed by atoms with Crippen molar-refractivity contribution in [3.05, 3.63) is 59.9 Å². The van der Waals surface area contributed by atoms with Crippen LogP contribution in [0.3, 0.4) is 0 Å². The van der Waals surface area contributed by atoms with Gasteiger partial charge in [-0.25, -0.2) is 13.2 Å². The minimum absolute atomic E-state index is 0.138. The largest absolute Gasteiger partial charge is 0.320 e. The summed E-state index contributed by atoms with van der Waals surface area (Å²) in [5, 5.41) is 10.8. The molecule has 152 valence electrons. The van der Waals surface area contributed by atoms with E-state index in [2.05, 4.69) is 15.5 Å². The number of para-hydroxylation sites is 1. The van der Waals surface area contributed by atoms with Gasteiger partial charge in [0.2, 0.25) is 5.91 Å². The Hall–Kier alpha value is -2.81. The average Bonchev–Trinajstić information content (AvgIpc) is 3.05. The number of thioether (sulfide) groups is 1. The summed E-state index contributed by atoms with van der Waals surface area (Å²) >= 11 is 1.06. The molecule has 3 aromatic rings. The first-order chi connectivity index (χ1) is 13.9. The highest BCUT2D eigenvalue weighted by Gasteiger charge is 2.19. The van der Waals surface area contributed by atoms with Crippen LogP contribution in [0.1, 0.15) is 13.8 Å². The number of aromatic nitrogens is 3. The van der Waals surface area contributed by atoms with Crippen LogP contribution >= 0.6 is 11.8 Å². The predicted molar refractivity (Wildman–Crippen MR) is 106 cm³/mol. The quantitative estimate of drug-likeness (QED) is 0.561. The molecule has 2 aromatic carbocycles. The van der Waals surface area contributed by atoms with Crippen molar-refractivity contribution >= 4 is 23.4 Å². The lowest BCUT2D eigenvalue weighted by atomic mass is 10.2. The summed E-state index contributed by atoms with van der Waals surface area (Å²) in [6, 6.07) is 9.58. The van der Waals surface area contributed by atoms with E-state index in [1.807, 2.05) is 13.8 Å². The molecule has 1 aromatic heterocycles. The molecular weight excluding hydrogens is 401 g/mol. The Morgan fingerprint density at radius 1 is 1.03 bits per heavy atom. The Morgan fingerprint density at radius 2 is 1.69 bits per heavy atom. The summed E-state index contributed by atoms with van der Waals surface area (Å²) < 4.78 is 43.3. The maximum atomic E-state index is 14.2. The first-order valence-electron chi connectivity index (χ1n) is 8.91. The van der Waals surface area contributed by atoms with Gasteiger partial charge in [0.05, 0.1) is 11.3 Å².